The number of rotatable bonds is 6. The van der Waals surface area contributed by atoms with Crippen LogP contribution in [0.2, 0.25) is 0 Å². The predicted molar refractivity (Wildman–Crippen MR) is 129 cm³/mol. The second-order valence-corrected chi connectivity index (χ2v) is 13.0. The normalized spacial score (nSPS) is 31.2. The Balaban J connectivity index is 1.21. The summed E-state index contributed by atoms with van der Waals surface area (Å²) in [6.45, 7) is 8.18. The molecule has 2 unspecified atom stereocenters. The first-order chi connectivity index (χ1) is 14.7. The van der Waals surface area contributed by atoms with Crippen molar-refractivity contribution in [1.29, 1.82) is 0 Å². The number of H-pyrrole nitrogens is 1. The second kappa shape index (κ2) is 7.91. The predicted octanol–water partition coefficient (Wildman–Crippen LogP) is 4.94. The molecule has 4 aliphatic carbocycles. The van der Waals surface area contributed by atoms with Gasteiger partial charge in [-0.2, -0.15) is 0 Å². The molecule has 6 rings (SSSR count). The van der Waals surface area contributed by atoms with Gasteiger partial charge >= 0.3 is 0 Å². The van der Waals surface area contributed by atoms with E-state index in [1.165, 1.54) is 38.5 Å². The van der Waals surface area contributed by atoms with Gasteiger partial charge < -0.3 is 10.3 Å². The Bertz CT molecular complexity index is 1040. The van der Waals surface area contributed by atoms with Gasteiger partial charge in [0.1, 0.15) is 10.7 Å². The SMILES string of the molecule is Cc1sc2nc(CSC(C)C(=O)NC(C)C34CC5CC(CC(C5)C3)C4)[nH]c(=O)c2c1C. The number of thioether (sulfide) groups is 1. The Morgan fingerprint density at radius 2 is 1.81 bits per heavy atom. The van der Waals surface area contributed by atoms with Gasteiger partial charge in [-0.3, -0.25) is 9.59 Å². The summed E-state index contributed by atoms with van der Waals surface area (Å²) in [5.41, 5.74) is 1.26. The number of aromatic nitrogens is 2. The molecule has 4 saturated carbocycles. The Kier molecular flexibility index (Phi) is 5.48. The smallest absolute Gasteiger partial charge is 0.259 e. The molecular formula is C24H33N3O2S2. The minimum atomic E-state index is -0.177. The van der Waals surface area contributed by atoms with Crippen LogP contribution in [0, 0.1) is 37.0 Å². The Hall–Kier alpha value is -1.34. The summed E-state index contributed by atoms with van der Waals surface area (Å²) in [5, 5.41) is 3.90. The van der Waals surface area contributed by atoms with Crippen molar-refractivity contribution in [3.63, 3.8) is 0 Å². The standard InChI is InChI=1S/C24H33N3O2S2/c1-12-13(2)31-23-20(12)22(29)26-19(27-23)11-30-14(3)21(28)25-15(4)24-8-16-5-17(9-24)7-18(6-16)10-24/h14-18H,5-11H2,1-4H3,(H,25,28)(H,26,27,29). The number of amides is 1. The van der Waals surface area contributed by atoms with Gasteiger partial charge in [0.05, 0.1) is 16.4 Å². The molecule has 2 N–H and O–H groups in total. The van der Waals surface area contributed by atoms with E-state index in [4.69, 9.17) is 0 Å². The molecule has 4 bridgehead atoms. The monoisotopic (exact) mass is 459 g/mol. The van der Waals surface area contributed by atoms with Crippen molar-refractivity contribution in [3.05, 3.63) is 26.6 Å². The highest BCUT2D eigenvalue weighted by molar-refractivity contribution is 7.99. The van der Waals surface area contributed by atoms with Crippen LogP contribution in [0.15, 0.2) is 4.79 Å². The van der Waals surface area contributed by atoms with E-state index < -0.39 is 0 Å². The number of carbonyl (C=O) groups excluding carboxylic acids is 1. The Labute approximate surface area is 192 Å². The first-order valence-corrected chi connectivity index (χ1v) is 13.5. The number of hydrogen-bond acceptors (Lipinski definition) is 5. The maximum atomic E-state index is 13.0. The first kappa shape index (κ1) is 21.5. The van der Waals surface area contributed by atoms with E-state index >= 15 is 0 Å². The molecule has 2 aromatic rings. The van der Waals surface area contributed by atoms with Crippen LogP contribution in [0.3, 0.4) is 0 Å². The van der Waals surface area contributed by atoms with Crippen molar-refractivity contribution >= 4 is 39.2 Å². The van der Waals surface area contributed by atoms with E-state index in [9.17, 15) is 9.59 Å². The van der Waals surface area contributed by atoms with Crippen molar-refractivity contribution in [1.82, 2.24) is 15.3 Å². The third-order valence-corrected chi connectivity index (χ3v) is 10.5. The van der Waals surface area contributed by atoms with Crippen LogP contribution < -0.4 is 10.9 Å². The van der Waals surface area contributed by atoms with E-state index in [1.807, 2.05) is 20.8 Å². The lowest BCUT2D eigenvalue weighted by molar-refractivity contribution is -0.125. The summed E-state index contributed by atoms with van der Waals surface area (Å²) in [7, 11) is 0. The fourth-order valence-electron chi connectivity index (χ4n) is 6.84. The van der Waals surface area contributed by atoms with Crippen molar-refractivity contribution in [3.8, 4) is 0 Å². The Morgan fingerprint density at radius 3 is 2.42 bits per heavy atom. The highest BCUT2D eigenvalue weighted by Crippen LogP contribution is 2.61. The maximum absolute atomic E-state index is 13.0. The molecule has 0 spiro atoms. The molecule has 1 amide bonds. The number of aryl methyl sites for hydroxylation is 2. The third kappa shape index (κ3) is 3.86. The van der Waals surface area contributed by atoms with E-state index in [1.54, 1.807) is 23.1 Å². The van der Waals surface area contributed by atoms with Crippen LogP contribution >= 0.6 is 23.1 Å². The summed E-state index contributed by atoms with van der Waals surface area (Å²) in [4.78, 5) is 34.9. The van der Waals surface area contributed by atoms with Gasteiger partial charge in [-0.15, -0.1) is 23.1 Å². The molecule has 5 nitrogen and oxygen atoms in total. The van der Waals surface area contributed by atoms with E-state index in [-0.39, 0.29) is 22.8 Å². The quantitative estimate of drug-likeness (QED) is 0.641. The lowest BCUT2D eigenvalue weighted by Crippen LogP contribution is -2.56. The van der Waals surface area contributed by atoms with Crippen LogP contribution in [0.4, 0.5) is 0 Å². The van der Waals surface area contributed by atoms with Gasteiger partial charge in [-0.25, -0.2) is 4.98 Å². The average Bonchev–Trinajstić information content (AvgIpc) is 2.99. The molecule has 0 radical (unpaired) electrons. The zero-order valence-electron chi connectivity index (χ0n) is 18.9. The Morgan fingerprint density at radius 1 is 1.19 bits per heavy atom. The minimum absolute atomic E-state index is 0.0741. The van der Waals surface area contributed by atoms with Crippen LogP contribution in [0.25, 0.3) is 10.2 Å². The van der Waals surface area contributed by atoms with Crippen LogP contribution in [0.5, 0.6) is 0 Å². The zero-order chi connectivity index (χ0) is 21.9. The largest absolute Gasteiger partial charge is 0.352 e. The topological polar surface area (TPSA) is 74.8 Å². The number of nitrogens with zero attached hydrogens (tertiary/aromatic N) is 1. The molecule has 2 aromatic heterocycles. The molecule has 168 valence electrons. The molecule has 2 heterocycles. The average molecular weight is 460 g/mol. The fraction of sp³-hybridized carbons (Fsp3) is 0.708. The summed E-state index contributed by atoms with van der Waals surface area (Å²) in [5.74, 6) is 3.96. The van der Waals surface area contributed by atoms with Crippen molar-refractivity contribution in [2.75, 3.05) is 0 Å². The lowest BCUT2D eigenvalue weighted by atomic mass is 9.48. The molecule has 7 heteroatoms. The third-order valence-electron chi connectivity index (χ3n) is 8.29. The highest BCUT2D eigenvalue weighted by Gasteiger charge is 2.53. The summed E-state index contributed by atoms with van der Waals surface area (Å²) >= 11 is 3.11. The number of fused-ring (bicyclic) bond motifs is 1. The van der Waals surface area contributed by atoms with Crippen molar-refractivity contribution < 1.29 is 4.79 Å². The zero-order valence-corrected chi connectivity index (χ0v) is 20.5. The second-order valence-electron chi connectivity index (χ2n) is 10.4. The van der Waals surface area contributed by atoms with Crippen molar-refractivity contribution in [2.24, 2.45) is 23.2 Å². The van der Waals surface area contributed by atoms with Crippen LogP contribution in [0.1, 0.15) is 68.6 Å². The van der Waals surface area contributed by atoms with Crippen LogP contribution in [-0.4, -0.2) is 27.2 Å². The fourth-order valence-corrected chi connectivity index (χ4v) is 8.65. The van der Waals surface area contributed by atoms with Gasteiger partial charge in [0.25, 0.3) is 5.56 Å². The molecule has 0 aromatic carbocycles. The summed E-state index contributed by atoms with van der Waals surface area (Å²) in [6.07, 6.45) is 8.16. The van der Waals surface area contributed by atoms with Gasteiger partial charge in [-0.1, -0.05) is 0 Å². The maximum Gasteiger partial charge on any atom is 0.259 e. The van der Waals surface area contributed by atoms with E-state index in [2.05, 4.69) is 22.2 Å². The number of hydrogen-bond donors (Lipinski definition) is 2. The molecule has 0 aliphatic heterocycles. The van der Waals surface area contributed by atoms with Gasteiger partial charge in [-0.05, 0) is 95.0 Å². The summed E-state index contributed by atoms with van der Waals surface area (Å²) in [6, 6.07) is 0.239. The number of thiophene rings is 1. The molecular weight excluding hydrogens is 426 g/mol. The van der Waals surface area contributed by atoms with Gasteiger partial charge in [0.2, 0.25) is 5.91 Å². The van der Waals surface area contributed by atoms with Crippen LogP contribution in [-0.2, 0) is 10.5 Å². The molecule has 4 fully saturated rings. The first-order valence-electron chi connectivity index (χ1n) is 11.6. The number of aromatic amines is 1. The van der Waals surface area contributed by atoms with Crippen molar-refractivity contribution in [2.45, 2.75) is 83.3 Å². The minimum Gasteiger partial charge on any atom is -0.352 e. The lowest BCUT2D eigenvalue weighted by Gasteiger charge is -2.59. The van der Waals surface area contributed by atoms with E-state index in [0.717, 1.165) is 33.0 Å². The number of nitrogens with one attached hydrogen (secondary N) is 2. The van der Waals surface area contributed by atoms with E-state index in [0.29, 0.717) is 22.4 Å². The number of carbonyl (C=O) groups is 1. The highest BCUT2D eigenvalue weighted by atomic mass is 32.2. The molecule has 2 atom stereocenters. The molecule has 31 heavy (non-hydrogen) atoms. The molecule has 0 saturated heterocycles. The molecule has 4 aliphatic rings. The van der Waals surface area contributed by atoms with Gasteiger partial charge in [0.15, 0.2) is 0 Å². The summed E-state index contributed by atoms with van der Waals surface area (Å²) < 4.78 is 0. The van der Waals surface area contributed by atoms with Gasteiger partial charge in [0, 0.05) is 10.9 Å².